The van der Waals surface area contributed by atoms with E-state index in [1.165, 1.54) is 0 Å². The summed E-state index contributed by atoms with van der Waals surface area (Å²) in [6.07, 6.45) is 15.3. The third-order valence-corrected chi connectivity index (χ3v) is 14.4. The summed E-state index contributed by atoms with van der Waals surface area (Å²) in [5.74, 6) is 4.72. The van der Waals surface area contributed by atoms with Gasteiger partial charge in [-0.15, -0.1) is 0 Å². The molecular formula is C54H54N10O4S2. The standard InChI is InChI=1S/2C27H27N5O2S/c1-18-22(28-11-9-25(18)33-3)16-32-24-8-7-20(31-13-5-6-14-31)15-21(24)30-27(32)35-17-23-19(2)26(34-4)10-12-29-23;1-18-22(28-11-9-25(18)33-3)16-32-24-15-20(31-13-5-6-14-31)7-8-21(24)30-27(32)35-17-23-19(2)26(34-4)10-12-29-23/h2*5-15H,16-17H2,1-4H3. The van der Waals surface area contributed by atoms with Crippen LogP contribution >= 0.6 is 23.5 Å². The fourth-order valence-corrected chi connectivity index (χ4v) is 10.4. The molecule has 8 aromatic heterocycles. The smallest absolute Gasteiger partial charge is 0.169 e. The molecule has 356 valence electrons. The molecule has 0 spiro atoms. The van der Waals surface area contributed by atoms with Gasteiger partial charge in [0.05, 0.1) is 86.4 Å². The van der Waals surface area contributed by atoms with Gasteiger partial charge < -0.3 is 37.2 Å². The van der Waals surface area contributed by atoms with Gasteiger partial charge in [0.2, 0.25) is 0 Å². The van der Waals surface area contributed by atoms with Crippen LogP contribution in [0.25, 0.3) is 33.4 Å². The number of nitrogens with zero attached hydrogens (tertiary/aromatic N) is 10. The lowest BCUT2D eigenvalue weighted by molar-refractivity contribution is 0.409. The van der Waals surface area contributed by atoms with Crippen LogP contribution in [0.4, 0.5) is 0 Å². The zero-order chi connectivity index (χ0) is 48.7. The van der Waals surface area contributed by atoms with Crippen molar-refractivity contribution >= 4 is 45.6 Å². The monoisotopic (exact) mass is 970 g/mol. The number of hydrogen-bond donors (Lipinski definition) is 0. The minimum absolute atomic E-state index is 0.585. The fraction of sp³-hybridized carbons (Fsp3) is 0.222. The van der Waals surface area contributed by atoms with Gasteiger partial charge in [0, 0.05) is 94.7 Å². The van der Waals surface area contributed by atoms with E-state index >= 15 is 0 Å². The van der Waals surface area contributed by atoms with Crippen molar-refractivity contribution in [3.63, 3.8) is 0 Å². The number of imidazole rings is 2. The lowest BCUT2D eigenvalue weighted by atomic mass is 10.2. The number of rotatable bonds is 16. The predicted octanol–water partition coefficient (Wildman–Crippen LogP) is 11.2. The molecule has 0 aliphatic heterocycles. The first-order valence-electron chi connectivity index (χ1n) is 22.6. The number of fused-ring (bicyclic) bond motifs is 2. The first-order valence-corrected chi connectivity index (χ1v) is 24.6. The highest BCUT2D eigenvalue weighted by atomic mass is 32.2. The molecular weight excluding hydrogens is 917 g/mol. The molecule has 2 aromatic carbocycles. The largest absolute Gasteiger partial charge is 0.496 e. The van der Waals surface area contributed by atoms with E-state index in [2.05, 4.69) is 74.6 Å². The van der Waals surface area contributed by atoms with Gasteiger partial charge in [0.15, 0.2) is 10.3 Å². The summed E-state index contributed by atoms with van der Waals surface area (Å²) in [4.78, 5) is 28.5. The van der Waals surface area contributed by atoms with E-state index in [4.69, 9.17) is 28.9 Å². The van der Waals surface area contributed by atoms with Crippen LogP contribution in [0.3, 0.4) is 0 Å². The summed E-state index contributed by atoms with van der Waals surface area (Å²) in [5.41, 5.74) is 14.2. The van der Waals surface area contributed by atoms with Crippen molar-refractivity contribution in [2.75, 3.05) is 28.4 Å². The van der Waals surface area contributed by atoms with Crippen molar-refractivity contribution < 1.29 is 18.9 Å². The van der Waals surface area contributed by atoms with Crippen LogP contribution in [-0.4, -0.2) is 76.6 Å². The van der Waals surface area contributed by atoms with Crippen LogP contribution in [-0.2, 0) is 24.6 Å². The number of ether oxygens (including phenoxy) is 4. The zero-order valence-electron chi connectivity index (χ0n) is 40.5. The van der Waals surface area contributed by atoms with Crippen LogP contribution < -0.4 is 18.9 Å². The second-order valence-electron chi connectivity index (χ2n) is 16.4. The lowest BCUT2D eigenvalue weighted by Crippen LogP contribution is -2.07. The van der Waals surface area contributed by atoms with Gasteiger partial charge in [0.25, 0.3) is 0 Å². The van der Waals surface area contributed by atoms with Gasteiger partial charge in [-0.3, -0.25) is 19.9 Å². The van der Waals surface area contributed by atoms with Gasteiger partial charge >= 0.3 is 0 Å². The molecule has 0 atom stereocenters. The molecule has 0 saturated heterocycles. The van der Waals surface area contributed by atoms with Crippen molar-refractivity contribution in [2.24, 2.45) is 0 Å². The van der Waals surface area contributed by atoms with E-state index in [0.29, 0.717) is 24.6 Å². The summed E-state index contributed by atoms with van der Waals surface area (Å²) in [5, 5.41) is 1.83. The van der Waals surface area contributed by atoms with E-state index in [0.717, 1.165) is 112 Å². The molecule has 10 aromatic rings. The number of benzene rings is 2. The molecule has 0 bridgehead atoms. The maximum Gasteiger partial charge on any atom is 0.169 e. The Bertz CT molecular complexity index is 3350. The molecule has 0 saturated carbocycles. The summed E-state index contributed by atoms with van der Waals surface area (Å²) in [6, 6.07) is 28.4. The van der Waals surface area contributed by atoms with E-state index in [1.807, 2.05) is 101 Å². The van der Waals surface area contributed by atoms with Gasteiger partial charge in [-0.25, -0.2) is 9.97 Å². The first-order chi connectivity index (χ1) is 34.2. The maximum absolute atomic E-state index is 5.54. The number of methoxy groups -OCH3 is 4. The molecule has 0 aliphatic rings. The molecule has 10 rings (SSSR count). The number of thioether (sulfide) groups is 2. The summed E-state index contributed by atoms with van der Waals surface area (Å²) in [6.45, 7) is 9.34. The Morgan fingerprint density at radius 2 is 0.814 bits per heavy atom. The Hall–Kier alpha value is -7.56. The van der Waals surface area contributed by atoms with Gasteiger partial charge in [-0.2, -0.15) is 0 Å². The van der Waals surface area contributed by atoms with Crippen molar-refractivity contribution in [1.29, 1.82) is 0 Å². The lowest BCUT2D eigenvalue weighted by Gasteiger charge is -2.13. The maximum atomic E-state index is 5.54. The molecule has 8 heterocycles. The van der Waals surface area contributed by atoms with E-state index < -0.39 is 0 Å². The van der Waals surface area contributed by atoms with Gasteiger partial charge in [0.1, 0.15) is 23.0 Å². The molecule has 0 amide bonds. The quantitative estimate of drug-likeness (QED) is 0.0853. The van der Waals surface area contributed by atoms with E-state index in [-0.39, 0.29) is 0 Å². The third kappa shape index (κ3) is 9.96. The Morgan fingerprint density at radius 1 is 0.429 bits per heavy atom. The minimum Gasteiger partial charge on any atom is -0.496 e. The number of aromatic nitrogens is 10. The first kappa shape index (κ1) is 47.5. The summed E-state index contributed by atoms with van der Waals surface area (Å²) >= 11 is 3.33. The van der Waals surface area contributed by atoms with Crippen LogP contribution in [0, 0.1) is 27.7 Å². The Kier molecular flexibility index (Phi) is 14.5. The molecule has 0 radical (unpaired) electrons. The molecule has 14 nitrogen and oxygen atoms in total. The average molecular weight is 971 g/mol. The van der Waals surface area contributed by atoms with Crippen LogP contribution in [0.2, 0.25) is 0 Å². The van der Waals surface area contributed by atoms with Crippen LogP contribution in [0.1, 0.15) is 45.0 Å². The number of pyridine rings is 4. The highest BCUT2D eigenvalue weighted by Crippen LogP contribution is 2.34. The normalized spacial score (nSPS) is 11.2. The van der Waals surface area contributed by atoms with E-state index in [1.54, 1.807) is 76.8 Å². The zero-order valence-corrected chi connectivity index (χ0v) is 42.1. The second-order valence-corrected chi connectivity index (χ2v) is 18.3. The summed E-state index contributed by atoms with van der Waals surface area (Å²) < 4.78 is 30.7. The predicted molar refractivity (Wildman–Crippen MR) is 278 cm³/mol. The third-order valence-electron chi connectivity index (χ3n) is 12.4. The molecule has 0 aliphatic carbocycles. The van der Waals surface area contributed by atoms with Crippen molar-refractivity contribution in [2.45, 2.75) is 62.6 Å². The Morgan fingerprint density at radius 3 is 1.27 bits per heavy atom. The molecule has 16 heteroatoms. The Labute approximate surface area is 415 Å². The average Bonchev–Trinajstić information content (AvgIpc) is 4.23. The molecule has 0 unspecified atom stereocenters. The van der Waals surface area contributed by atoms with Crippen molar-refractivity contribution in [1.82, 2.24) is 48.2 Å². The number of hydrogen-bond acceptors (Lipinski definition) is 12. The highest BCUT2D eigenvalue weighted by Gasteiger charge is 2.19. The highest BCUT2D eigenvalue weighted by molar-refractivity contribution is 7.98. The second kappa shape index (κ2) is 21.4. The topological polar surface area (TPSA) is 134 Å². The van der Waals surface area contributed by atoms with Crippen molar-refractivity contribution in [3.05, 3.63) is 180 Å². The summed E-state index contributed by atoms with van der Waals surface area (Å²) in [7, 11) is 6.74. The van der Waals surface area contributed by atoms with Crippen LogP contribution in [0.5, 0.6) is 23.0 Å². The minimum atomic E-state index is 0.585. The Balaban J connectivity index is 0.000000174. The van der Waals surface area contributed by atoms with Crippen molar-refractivity contribution in [3.8, 4) is 34.4 Å². The SMILES string of the molecule is COc1ccnc(CSc2nc3cc(-n4cccc4)ccc3n2Cc2nccc(OC)c2C)c1C.COc1ccnc(CSc2nc3ccc(-n4cccc4)cc3n2Cc2nccc(OC)c2C)c1C. The van der Waals surface area contributed by atoms with Gasteiger partial charge in [-0.1, -0.05) is 23.5 Å². The fourth-order valence-electron chi connectivity index (χ4n) is 8.34. The van der Waals surface area contributed by atoms with Crippen LogP contribution in [0.15, 0.2) is 145 Å². The molecule has 0 N–H and O–H groups in total. The molecule has 70 heavy (non-hydrogen) atoms. The molecule has 0 fully saturated rings. The van der Waals surface area contributed by atoms with Gasteiger partial charge in [-0.05, 0) is 113 Å². The van der Waals surface area contributed by atoms with E-state index in [9.17, 15) is 0 Å².